The van der Waals surface area contributed by atoms with E-state index in [1.807, 2.05) is 34.9 Å². The largest absolute Gasteiger partial charge is 0.329 e. The van der Waals surface area contributed by atoms with Crippen molar-refractivity contribution < 1.29 is 0 Å². The summed E-state index contributed by atoms with van der Waals surface area (Å²) in [4.78, 5) is 7.46. The lowest BCUT2D eigenvalue weighted by Crippen LogP contribution is -2.02. The van der Waals surface area contributed by atoms with Crippen molar-refractivity contribution in [2.24, 2.45) is 0 Å². The third-order valence-corrected chi connectivity index (χ3v) is 3.89. The van der Waals surface area contributed by atoms with E-state index in [0.717, 1.165) is 29.2 Å². The fourth-order valence-corrected chi connectivity index (χ4v) is 2.69. The summed E-state index contributed by atoms with van der Waals surface area (Å²) in [6, 6.07) is 9.65. The molecule has 3 aromatic rings. The van der Waals surface area contributed by atoms with Gasteiger partial charge in [0, 0.05) is 17.8 Å². The molecule has 0 saturated carbocycles. The van der Waals surface area contributed by atoms with Crippen LogP contribution in [0.3, 0.4) is 0 Å². The molecule has 3 nitrogen and oxygen atoms in total. The number of aromatic nitrogens is 3. The number of aryl methyl sites for hydroxylation is 2. The van der Waals surface area contributed by atoms with Crippen molar-refractivity contribution >= 4 is 46.6 Å². The van der Waals surface area contributed by atoms with E-state index < -0.39 is 0 Å². The molecule has 20 heavy (non-hydrogen) atoms. The lowest BCUT2D eigenvalue weighted by molar-refractivity contribution is 0.700. The number of H-pyrrole nitrogens is 1. The first-order valence-corrected chi connectivity index (χ1v) is 7.28. The van der Waals surface area contributed by atoms with Crippen molar-refractivity contribution in [2.75, 3.05) is 0 Å². The number of hydrogen-bond acceptors (Lipinski definition) is 2. The first-order chi connectivity index (χ1) is 9.63. The lowest BCUT2D eigenvalue weighted by atomic mass is 10.1. The van der Waals surface area contributed by atoms with Gasteiger partial charge in [-0.05, 0) is 42.4 Å². The topological polar surface area (TPSA) is 33.6 Å². The average molecular weight is 324 g/mol. The van der Waals surface area contributed by atoms with Crippen molar-refractivity contribution in [3.05, 3.63) is 56.9 Å². The number of benzene rings is 1. The van der Waals surface area contributed by atoms with Crippen LogP contribution in [0.2, 0.25) is 10.0 Å². The summed E-state index contributed by atoms with van der Waals surface area (Å²) in [7, 11) is 0. The molecule has 0 aliphatic heterocycles. The Kier molecular flexibility index (Phi) is 3.78. The van der Waals surface area contributed by atoms with Crippen LogP contribution < -0.4 is 0 Å². The Labute approximate surface area is 131 Å². The van der Waals surface area contributed by atoms with E-state index >= 15 is 0 Å². The Balaban J connectivity index is 1.89. The maximum Gasteiger partial charge on any atom is 0.179 e. The van der Waals surface area contributed by atoms with Crippen LogP contribution in [0.15, 0.2) is 36.5 Å². The van der Waals surface area contributed by atoms with Crippen LogP contribution >= 0.6 is 35.4 Å². The molecular weight excluding hydrogens is 313 g/mol. The standard InChI is InChI=1S/C14H11Cl2N3S/c15-10-3-1-9(2-4-10)5-6-19-13-12(18-14(19)20)7-11(16)8-17-13/h1-4,7-8H,5-6H2,(H,18,20). The second kappa shape index (κ2) is 5.56. The summed E-state index contributed by atoms with van der Waals surface area (Å²) in [6.45, 7) is 0.759. The monoisotopic (exact) mass is 323 g/mol. The molecule has 0 amide bonds. The summed E-state index contributed by atoms with van der Waals surface area (Å²) in [5.74, 6) is 0. The molecule has 0 atom stereocenters. The molecule has 0 radical (unpaired) electrons. The van der Waals surface area contributed by atoms with Gasteiger partial charge in [0.15, 0.2) is 10.4 Å². The number of nitrogens with zero attached hydrogens (tertiary/aromatic N) is 2. The van der Waals surface area contributed by atoms with Crippen LogP contribution in [0, 0.1) is 4.77 Å². The van der Waals surface area contributed by atoms with E-state index in [0.29, 0.717) is 9.79 Å². The number of imidazole rings is 1. The van der Waals surface area contributed by atoms with Crippen molar-refractivity contribution in [3.8, 4) is 0 Å². The van der Waals surface area contributed by atoms with Crippen LogP contribution in [0.5, 0.6) is 0 Å². The number of fused-ring (bicyclic) bond motifs is 1. The average Bonchev–Trinajstić information content (AvgIpc) is 2.73. The first-order valence-electron chi connectivity index (χ1n) is 6.12. The molecule has 2 aromatic heterocycles. The number of rotatable bonds is 3. The second-order valence-corrected chi connectivity index (χ2v) is 5.74. The SMILES string of the molecule is S=c1[nH]c2cc(Cl)cnc2n1CCc1ccc(Cl)cc1. The molecule has 0 spiro atoms. The van der Waals surface area contributed by atoms with E-state index in [1.165, 1.54) is 5.56 Å². The summed E-state index contributed by atoms with van der Waals surface area (Å²) in [6.07, 6.45) is 2.49. The Morgan fingerprint density at radius 2 is 1.90 bits per heavy atom. The quantitative estimate of drug-likeness (QED) is 0.712. The van der Waals surface area contributed by atoms with Gasteiger partial charge in [-0.2, -0.15) is 0 Å². The second-order valence-electron chi connectivity index (χ2n) is 4.48. The summed E-state index contributed by atoms with van der Waals surface area (Å²) in [5.41, 5.74) is 2.89. The molecule has 0 bridgehead atoms. The summed E-state index contributed by atoms with van der Waals surface area (Å²) in [5, 5.41) is 1.34. The summed E-state index contributed by atoms with van der Waals surface area (Å²) < 4.78 is 2.64. The smallest absolute Gasteiger partial charge is 0.179 e. The molecule has 0 aliphatic rings. The van der Waals surface area contributed by atoms with Crippen molar-refractivity contribution in [1.29, 1.82) is 0 Å². The minimum Gasteiger partial charge on any atom is -0.329 e. The van der Waals surface area contributed by atoms with Crippen LogP contribution in [-0.2, 0) is 13.0 Å². The van der Waals surface area contributed by atoms with Crippen molar-refractivity contribution in [2.45, 2.75) is 13.0 Å². The molecule has 102 valence electrons. The molecule has 1 N–H and O–H groups in total. The molecule has 1 aromatic carbocycles. The third kappa shape index (κ3) is 2.73. The maximum absolute atomic E-state index is 5.93. The highest BCUT2D eigenvalue weighted by Crippen LogP contribution is 2.17. The van der Waals surface area contributed by atoms with Gasteiger partial charge in [-0.1, -0.05) is 35.3 Å². The Bertz CT molecular complexity index is 805. The van der Waals surface area contributed by atoms with Crippen LogP contribution in [0.1, 0.15) is 5.56 Å². The highest BCUT2D eigenvalue weighted by atomic mass is 35.5. The van der Waals surface area contributed by atoms with E-state index in [-0.39, 0.29) is 0 Å². The van der Waals surface area contributed by atoms with Gasteiger partial charge in [0.25, 0.3) is 0 Å². The van der Waals surface area contributed by atoms with Crippen molar-refractivity contribution in [1.82, 2.24) is 14.5 Å². The number of hydrogen-bond donors (Lipinski definition) is 1. The molecule has 0 saturated heterocycles. The van der Waals surface area contributed by atoms with E-state index in [4.69, 9.17) is 35.4 Å². The summed E-state index contributed by atoms with van der Waals surface area (Å²) >= 11 is 17.1. The normalized spacial score (nSPS) is 11.1. The van der Waals surface area contributed by atoms with Crippen LogP contribution in [0.4, 0.5) is 0 Å². The lowest BCUT2D eigenvalue weighted by Gasteiger charge is -2.04. The fourth-order valence-electron chi connectivity index (χ4n) is 2.12. The van der Waals surface area contributed by atoms with Gasteiger partial charge in [0.05, 0.1) is 10.5 Å². The zero-order valence-corrected chi connectivity index (χ0v) is 12.8. The predicted octanol–water partition coefficient (Wildman–Crippen LogP) is 4.64. The van der Waals surface area contributed by atoms with Crippen molar-refractivity contribution in [3.63, 3.8) is 0 Å². The number of nitrogens with one attached hydrogen (secondary N) is 1. The van der Waals surface area contributed by atoms with Crippen LogP contribution in [0.25, 0.3) is 11.2 Å². The molecular formula is C14H11Cl2N3S. The molecule has 3 rings (SSSR count). The minimum atomic E-state index is 0.596. The van der Waals surface area contributed by atoms with Gasteiger partial charge in [0.2, 0.25) is 0 Å². The van der Waals surface area contributed by atoms with Gasteiger partial charge in [-0.15, -0.1) is 0 Å². The van der Waals surface area contributed by atoms with E-state index in [2.05, 4.69) is 9.97 Å². The molecule has 2 heterocycles. The Hall–Kier alpha value is -1.36. The molecule has 0 aliphatic carbocycles. The highest BCUT2D eigenvalue weighted by Gasteiger charge is 2.06. The zero-order chi connectivity index (χ0) is 14.1. The molecule has 0 fully saturated rings. The van der Waals surface area contributed by atoms with E-state index in [9.17, 15) is 0 Å². The Morgan fingerprint density at radius 1 is 1.15 bits per heavy atom. The van der Waals surface area contributed by atoms with Gasteiger partial charge < -0.3 is 9.55 Å². The minimum absolute atomic E-state index is 0.596. The third-order valence-electron chi connectivity index (χ3n) is 3.11. The van der Waals surface area contributed by atoms with Gasteiger partial charge in [0.1, 0.15) is 0 Å². The van der Waals surface area contributed by atoms with Gasteiger partial charge >= 0.3 is 0 Å². The zero-order valence-electron chi connectivity index (χ0n) is 10.4. The maximum atomic E-state index is 5.93. The number of halogens is 2. The van der Waals surface area contributed by atoms with Crippen LogP contribution in [-0.4, -0.2) is 14.5 Å². The fraction of sp³-hybridized carbons (Fsp3) is 0.143. The number of aromatic amines is 1. The van der Waals surface area contributed by atoms with Gasteiger partial charge in [-0.25, -0.2) is 4.98 Å². The van der Waals surface area contributed by atoms with Gasteiger partial charge in [-0.3, -0.25) is 0 Å². The molecule has 6 heteroatoms. The molecule has 0 unspecified atom stereocenters. The first kappa shape index (κ1) is 13.6. The Morgan fingerprint density at radius 3 is 2.65 bits per heavy atom. The predicted molar refractivity (Wildman–Crippen MR) is 85.1 cm³/mol. The van der Waals surface area contributed by atoms with E-state index in [1.54, 1.807) is 6.20 Å². The number of pyridine rings is 1. The highest BCUT2D eigenvalue weighted by molar-refractivity contribution is 7.71.